The summed E-state index contributed by atoms with van der Waals surface area (Å²) in [6, 6.07) is 6.18. The van der Waals surface area contributed by atoms with E-state index in [0.29, 0.717) is 23.7 Å². The third-order valence-electron chi connectivity index (χ3n) is 6.19. The first-order valence-corrected chi connectivity index (χ1v) is 13.7. The van der Waals surface area contributed by atoms with Crippen molar-refractivity contribution in [2.75, 3.05) is 42.2 Å². The SMILES string of the molecule is CCNc1nc(Nc2cc(C#N)cc(N3CC[C@H](N(C)C(=O)O)[C@@H](OP(=O)(O)O)C3)c2Cl)nn2c(C#N)cnc12. The Hall–Kier alpha value is -4.18. The number of fused-ring (bicyclic) bond motifs is 1. The van der Waals surface area contributed by atoms with Crippen molar-refractivity contribution in [1.29, 1.82) is 10.5 Å². The third-order valence-corrected chi connectivity index (χ3v) is 7.13. The Labute approximate surface area is 232 Å². The summed E-state index contributed by atoms with van der Waals surface area (Å²) in [5.74, 6) is 0.404. The summed E-state index contributed by atoms with van der Waals surface area (Å²) in [7, 11) is -3.68. The topological polar surface area (TPSA) is 225 Å². The van der Waals surface area contributed by atoms with E-state index >= 15 is 0 Å². The molecule has 0 spiro atoms. The highest BCUT2D eigenvalue weighted by molar-refractivity contribution is 7.46. The molecule has 1 amide bonds. The average molecular weight is 591 g/mol. The van der Waals surface area contributed by atoms with Gasteiger partial charge in [0.25, 0.3) is 0 Å². The van der Waals surface area contributed by atoms with E-state index in [0.717, 1.165) is 4.90 Å². The number of nitrogens with zero attached hydrogens (tertiary/aromatic N) is 8. The monoisotopic (exact) mass is 590 g/mol. The number of phosphoric ester groups is 1. The second-order valence-corrected chi connectivity index (χ2v) is 10.3. The van der Waals surface area contributed by atoms with Crippen LogP contribution in [0.4, 0.5) is 27.9 Å². The van der Waals surface area contributed by atoms with Crippen LogP contribution in [0.2, 0.25) is 5.02 Å². The van der Waals surface area contributed by atoms with Crippen LogP contribution in [-0.2, 0) is 9.09 Å². The normalized spacial score (nSPS) is 17.2. The van der Waals surface area contributed by atoms with Crippen LogP contribution < -0.4 is 15.5 Å². The molecule has 16 nitrogen and oxygen atoms in total. The van der Waals surface area contributed by atoms with Gasteiger partial charge in [-0.25, -0.2) is 14.3 Å². The van der Waals surface area contributed by atoms with E-state index in [-0.39, 0.29) is 47.4 Å². The van der Waals surface area contributed by atoms with Gasteiger partial charge in [0.1, 0.15) is 12.2 Å². The van der Waals surface area contributed by atoms with Crippen molar-refractivity contribution < 1.29 is 28.8 Å². The van der Waals surface area contributed by atoms with E-state index in [1.807, 2.05) is 19.1 Å². The summed E-state index contributed by atoms with van der Waals surface area (Å²) < 4.78 is 17.9. The maximum Gasteiger partial charge on any atom is 0.469 e. The molecule has 1 aliphatic heterocycles. The van der Waals surface area contributed by atoms with Crippen LogP contribution in [0.1, 0.15) is 24.6 Å². The van der Waals surface area contributed by atoms with Gasteiger partial charge in [0.05, 0.1) is 40.3 Å². The second kappa shape index (κ2) is 11.5. The number of carbonyl (C=O) groups is 1. The number of halogens is 1. The fourth-order valence-electron chi connectivity index (χ4n) is 4.40. The van der Waals surface area contributed by atoms with Crippen molar-refractivity contribution in [3.8, 4) is 12.1 Å². The number of phosphoric acid groups is 1. The number of carboxylic acid groups (broad SMARTS) is 1. The summed E-state index contributed by atoms with van der Waals surface area (Å²) in [6.45, 7) is 2.49. The van der Waals surface area contributed by atoms with Gasteiger partial charge in [-0.3, -0.25) is 4.52 Å². The third kappa shape index (κ3) is 6.02. The molecule has 1 aliphatic rings. The lowest BCUT2D eigenvalue weighted by molar-refractivity contribution is 0.0441. The van der Waals surface area contributed by atoms with E-state index in [1.165, 1.54) is 29.9 Å². The number of amides is 1. The zero-order valence-electron chi connectivity index (χ0n) is 21.2. The molecule has 0 saturated carbocycles. The maximum atomic E-state index is 11.7. The number of anilines is 4. The van der Waals surface area contributed by atoms with Crippen molar-refractivity contribution in [1.82, 2.24) is 24.5 Å². The molecule has 5 N–H and O–H groups in total. The highest BCUT2D eigenvalue weighted by atomic mass is 35.5. The number of imidazole rings is 1. The molecule has 0 unspecified atom stereocenters. The molecule has 0 radical (unpaired) electrons. The van der Waals surface area contributed by atoms with Crippen LogP contribution in [0.5, 0.6) is 0 Å². The number of aromatic nitrogens is 4. The van der Waals surface area contributed by atoms with E-state index in [1.54, 1.807) is 4.90 Å². The Morgan fingerprint density at radius 2 is 2.10 bits per heavy atom. The molecule has 40 heavy (non-hydrogen) atoms. The van der Waals surface area contributed by atoms with Crippen LogP contribution in [0.15, 0.2) is 18.3 Å². The summed E-state index contributed by atoms with van der Waals surface area (Å²) >= 11 is 6.75. The lowest BCUT2D eigenvalue weighted by atomic mass is 9.99. The molecule has 0 bridgehead atoms. The van der Waals surface area contributed by atoms with Crippen LogP contribution in [-0.4, -0.2) is 84.3 Å². The molecular weight excluding hydrogens is 567 g/mol. The van der Waals surface area contributed by atoms with Crippen molar-refractivity contribution in [3.63, 3.8) is 0 Å². The van der Waals surface area contributed by atoms with Crippen LogP contribution >= 0.6 is 19.4 Å². The fourth-order valence-corrected chi connectivity index (χ4v) is 5.24. The first-order valence-electron chi connectivity index (χ1n) is 11.8. The van der Waals surface area contributed by atoms with Crippen LogP contribution in [0.25, 0.3) is 5.65 Å². The minimum atomic E-state index is -4.97. The van der Waals surface area contributed by atoms with Crippen molar-refractivity contribution >= 4 is 54.3 Å². The molecule has 2 aromatic heterocycles. The first-order chi connectivity index (χ1) is 18.9. The predicted octanol–water partition coefficient (Wildman–Crippen LogP) is 2.36. The Kier molecular flexibility index (Phi) is 8.29. The van der Waals surface area contributed by atoms with Crippen LogP contribution in [0.3, 0.4) is 0 Å². The van der Waals surface area contributed by atoms with Crippen molar-refractivity contribution in [2.24, 2.45) is 0 Å². The number of hydrogen-bond acceptors (Lipinski definition) is 11. The summed E-state index contributed by atoms with van der Waals surface area (Å²) in [5.41, 5.74) is 1.29. The molecule has 1 aromatic carbocycles. The van der Waals surface area contributed by atoms with Crippen molar-refractivity contribution in [3.05, 3.63) is 34.6 Å². The Bertz CT molecular complexity index is 1580. The summed E-state index contributed by atoms with van der Waals surface area (Å²) in [4.78, 5) is 41.6. The van der Waals surface area contributed by atoms with Gasteiger partial charge in [0.2, 0.25) is 5.95 Å². The van der Waals surface area contributed by atoms with Gasteiger partial charge in [-0.15, -0.1) is 5.10 Å². The average Bonchev–Trinajstić information content (AvgIpc) is 3.32. The van der Waals surface area contributed by atoms with E-state index in [4.69, 9.17) is 16.1 Å². The maximum absolute atomic E-state index is 11.7. The van der Waals surface area contributed by atoms with Gasteiger partial charge in [0, 0.05) is 26.7 Å². The number of piperidine rings is 1. The minimum Gasteiger partial charge on any atom is -0.465 e. The van der Waals surface area contributed by atoms with Gasteiger partial charge < -0.3 is 35.3 Å². The lowest BCUT2D eigenvalue weighted by Crippen LogP contribution is -2.55. The quantitative estimate of drug-likeness (QED) is 0.237. The summed E-state index contributed by atoms with van der Waals surface area (Å²) in [6.07, 6.45) is -0.961. The van der Waals surface area contributed by atoms with Gasteiger partial charge in [-0.1, -0.05) is 11.6 Å². The van der Waals surface area contributed by atoms with Crippen LogP contribution in [0, 0.1) is 22.7 Å². The van der Waals surface area contributed by atoms with E-state index in [2.05, 4.69) is 25.7 Å². The molecule has 1 fully saturated rings. The molecule has 0 aliphatic carbocycles. The zero-order chi connectivity index (χ0) is 29.2. The predicted molar refractivity (Wildman–Crippen MR) is 142 cm³/mol. The number of nitrogens with one attached hydrogen (secondary N) is 2. The number of hydrogen-bond donors (Lipinski definition) is 5. The van der Waals surface area contributed by atoms with Gasteiger partial charge in [-0.2, -0.15) is 20.0 Å². The van der Waals surface area contributed by atoms with E-state index in [9.17, 15) is 34.8 Å². The Balaban J connectivity index is 1.72. The minimum absolute atomic E-state index is 0.0467. The number of rotatable bonds is 8. The molecule has 3 heterocycles. The molecule has 18 heteroatoms. The Morgan fingerprint density at radius 3 is 2.73 bits per heavy atom. The summed E-state index contributed by atoms with van der Waals surface area (Å²) in [5, 5.41) is 39.0. The molecule has 1 saturated heterocycles. The highest BCUT2D eigenvalue weighted by Crippen LogP contribution is 2.42. The number of likely N-dealkylation sites (N-methyl/N-ethyl adjacent to an activating group) is 1. The molecule has 210 valence electrons. The molecule has 2 atom stereocenters. The zero-order valence-corrected chi connectivity index (χ0v) is 22.8. The second-order valence-electron chi connectivity index (χ2n) is 8.73. The fraction of sp³-hybridized carbons (Fsp3) is 0.364. The number of benzene rings is 1. The van der Waals surface area contributed by atoms with Gasteiger partial charge >= 0.3 is 13.9 Å². The number of nitriles is 2. The van der Waals surface area contributed by atoms with Gasteiger partial charge in [-0.05, 0) is 25.5 Å². The molecule has 3 aromatic rings. The first kappa shape index (κ1) is 28.8. The highest BCUT2D eigenvalue weighted by Gasteiger charge is 2.39. The van der Waals surface area contributed by atoms with E-state index < -0.39 is 26.1 Å². The molecule has 4 rings (SSSR count). The van der Waals surface area contributed by atoms with Crippen molar-refractivity contribution in [2.45, 2.75) is 25.5 Å². The largest absolute Gasteiger partial charge is 0.469 e. The standard InChI is InChI=1S/C22H24ClN10O6P/c1-3-26-19-20-27-10-13(9-25)33(20)30-21(29-19)28-14-6-12(8-24)7-16(18(14)23)32-5-4-15(31(2)22(34)35)17(11-32)39-40(36,37)38/h6-7,10,15,17H,3-5,11H2,1-2H3,(H,34,35)(H2,36,37,38)(H2,26,28,29,30)/t15-,17-/m0/s1. The Morgan fingerprint density at radius 1 is 1.35 bits per heavy atom. The molecular formula is C22H24ClN10O6P. The lowest BCUT2D eigenvalue weighted by Gasteiger charge is -2.42. The van der Waals surface area contributed by atoms with Gasteiger partial charge in [0.15, 0.2) is 17.2 Å². The smallest absolute Gasteiger partial charge is 0.465 e.